The van der Waals surface area contributed by atoms with Gasteiger partial charge in [-0.2, -0.15) is 12.7 Å². The number of piperidine rings is 1. The van der Waals surface area contributed by atoms with Crippen LogP contribution >= 0.6 is 11.6 Å². The lowest BCUT2D eigenvalue weighted by atomic mass is 10.0. The molecule has 0 aliphatic carbocycles. The third-order valence-electron chi connectivity index (χ3n) is 4.63. The molecule has 25 heavy (non-hydrogen) atoms. The summed E-state index contributed by atoms with van der Waals surface area (Å²) in [5.41, 5.74) is 1.50. The van der Waals surface area contributed by atoms with Gasteiger partial charge < -0.3 is 9.88 Å². The van der Waals surface area contributed by atoms with Crippen molar-refractivity contribution in [1.29, 1.82) is 0 Å². The zero-order chi connectivity index (χ0) is 18.0. The van der Waals surface area contributed by atoms with Crippen molar-refractivity contribution in [2.24, 2.45) is 5.14 Å². The predicted molar refractivity (Wildman–Crippen MR) is 98.9 cm³/mol. The molecule has 0 amide bonds. The molecule has 2 aromatic rings. The molecule has 8 nitrogen and oxygen atoms in total. The largest absolute Gasteiger partial charge is 0.355 e. The van der Waals surface area contributed by atoms with Gasteiger partial charge in [0.2, 0.25) is 0 Å². The molecule has 1 saturated heterocycles. The van der Waals surface area contributed by atoms with Crippen LogP contribution in [0.3, 0.4) is 0 Å². The molecular formula is C15H23ClN6O2S. The van der Waals surface area contributed by atoms with Gasteiger partial charge in [0.05, 0.1) is 5.02 Å². The van der Waals surface area contributed by atoms with Crippen LogP contribution in [0.1, 0.15) is 32.6 Å². The number of aromatic amines is 1. The summed E-state index contributed by atoms with van der Waals surface area (Å²) in [6.07, 6.45) is 6.35. The Morgan fingerprint density at radius 2 is 2.12 bits per heavy atom. The van der Waals surface area contributed by atoms with Crippen molar-refractivity contribution in [3.63, 3.8) is 0 Å². The van der Waals surface area contributed by atoms with Gasteiger partial charge in [0.15, 0.2) is 5.82 Å². The zero-order valence-corrected chi connectivity index (χ0v) is 15.7. The predicted octanol–water partition coefficient (Wildman–Crippen LogP) is 1.89. The number of hydrogen-bond acceptors (Lipinski definition) is 5. The molecule has 0 spiro atoms. The van der Waals surface area contributed by atoms with Crippen molar-refractivity contribution in [2.75, 3.05) is 24.5 Å². The van der Waals surface area contributed by atoms with E-state index < -0.39 is 10.2 Å². The number of H-pyrrole nitrogens is 1. The molecule has 0 bridgehead atoms. The zero-order valence-electron chi connectivity index (χ0n) is 14.2. The quantitative estimate of drug-likeness (QED) is 0.787. The normalized spacial score (nSPS) is 16.9. The van der Waals surface area contributed by atoms with E-state index >= 15 is 0 Å². The highest BCUT2D eigenvalue weighted by Gasteiger charge is 2.31. The number of unbranched alkanes of at least 4 members (excludes halogenated alkanes) is 1. The average Bonchev–Trinajstić information content (AvgIpc) is 2.96. The van der Waals surface area contributed by atoms with E-state index in [4.69, 9.17) is 16.7 Å². The highest BCUT2D eigenvalue weighted by atomic mass is 35.5. The second kappa shape index (κ2) is 7.45. The summed E-state index contributed by atoms with van der Waals surface area (Å²) >= 11 is 6.12. The maximum Gasteiger partial charge on any atom is 0.277 e. The van der Waals surface area contributed by atoms with Crippen LogP contribution in [0, 0.1) is 0 Å². The number of aromatic nitrogens is 3. The standard InChI is InChI=1S/C15H23ClN6O2S/c1-2-3-6-22(25(17,23)24)11-4-7-21(8-5-11)15-14-13(19-10-20-15)12(16)9-18-14/h9-11,18H,2-8H2,1H3,(H2,17,23,24). The molecule has 1 aliphatic heterocycles. The van der Waals surface area contributed by atoms with Crippen molar-refractivity contribution in [3.8, 4) is 0 Å². The van der Waals surface area contributed by atoms with Gasteiger partial charge in [-0.15, -0.1) is 0 Å². The lowest BCUT2D eigenvalue weighted by Crippen LogP contribution is -2.50. The fraction of sp³-hybridized carbons (Fsp3) is 0.600. The molecule has 0 aromatic carbocycles. The highest BCUT2D eigenvalue weighted by Crippen LogP contribution is 2.29. The fourth-order valence-corrected chi connectivity index (χ4v) is 4.54. The van der Waals surface area contributed by atoms with Crippen LogP contribution in [0.2, 0.25) is 5.02 Å². The number of fused-ring (bicyclic) bond motifs is 1. The average molecular weight is 387 g/mol. The van der Waals surface area contributed by atoms with Gasteiger partial charge >= 0.3 is 0 Å². The Hall–Kier alpha value is -1.42. The van der Waals surface area contributed by atoms with E-state index in [0.29, 0.717) is 43.0 Å². The van der Waals surface area contributed by atoms with Crippen molar-refractivity contribution >= 4 is 38.7 Å². The van der Waals surface area contributed by atoms with Crippen molar-refractivity contribution < 1.29 is 8.42 Å². The molecule has 1 aliphatic rings. The third kappa shape index (κ3) is 3.89. The number of nitrogens with zero attached hydrogens (tertiary/aromatic N) is 4. The molecule has 3 N–H and O–H groups in total. The Bertz CT molecular complexity index is 832. The minimum atomic E-state index is -3.68. The molecular weight excluding hydrogens is 364 g/mol. The summed E-state index contributed by atoms with van der Waals surface area (Å²) in [7, 11) is -3.68. The second-order valence-electron chi connectivity index (χ2n) is 6.28. The van der Waals surface area contributed by atoms with Gasteiger partial charge in [-0.05, 0) is 19.3 Å². The summed E-state index contributed by atoms with van der Waals surface area (Å²) in [6, 6.07) is -0.0673. The van der Waals surface area contributed by atoms with E-state index in [0.717, 1.165) is 24.2 Å². The van der Waals surface area contributed by atoms with Crippen molar-refractivity contribution in [1.82, 2.24) is 19.3 Å². The number of anilines is 1. The van der Waals surface area contributed by atoms with E-state index in [9.17, 15) is 8.42 Å². The topological polar surface area (TPSA) is 108 Å². The minimum Gasteiger partial charge on any atom is -0.355 e. The molecule has 138 valence electrons. The second-order valence-corrected chi connectivity index (χ2v) is 8.19. The Morgan fingerprint density at radius 3 is 2.76 bits per heavy atom. The van der Waals surface area contributed by atoms with E-state index in [1.54, 1.807) is 6.20 Å². The molecule has 0 radical (unpaired) electrons. The Balaban J connectivity index is 1.74. The number of halogens is 1. The van der Waals surface area contributed by atoms with E-state index in [-0.39, 0.29) is 6.04 Å². The first kappa shape index (κ1) is 18.4. The molecule has 0 saturated carbocycles. The van der Waals surface area contributed by atoms with Crippen LogP contribution in [0.25, 0.3) is 11.0 Å². The van der Waals surface area contributed by atoms with Gasteiger partial charge in [-0.1, -0.05) is 24.9 Å². The Labute approximate surface area is 152 Å². The minimum absolute atomic E-state index is 0.0673. The molecule has 10 heteroatoms. The first-order chi connectivity index (χ1) is 11.9. The maximum absolute atomic E-state index is 11.9. The molecule has 1 fully saturated rings. The third-order valence-corrected chi connectivity index (χ3v) is 6.05. The Morgan fingerprint density at radius 1 is 1.40 bits per heavy atom. The molecule has 0 unspecified atom stereocenters. The molecule has 2 aromatic heterocycles. The first-order valence-corrected chi connectivity index (χ1v) is 10.3. The van der Waals surface area contributed by atoms with Gasteiger partial charge in [0.1, 0.15) is 17.4 Å². The Kier molecular flexibility index (Phi) is 5.47. The van der Waals surface area contributed by atoms with Crippen LogP contribution < -0.4 is 10.0 Å². The molecule has 3 rings (SSSR count). The van der Waals surface area contributed by atoms with Crippen LogP contribution in [0.15, 0.2) is 12.5 Å². The monoisotopic (exact) mass is 386 g/mol. The number of nitrogens with two attached hydrogens (primary N) is 1. The summed E-state index contributed by atoms with van der Waals surface area (Å²) in [4.78, 5) is 13.8. The lowest BCUT2D eigenvalue weighted by Gasteiger charge is -2.37. The van der Waals surface area contributed by atoms with Gasteiger partial charge in [0, 0.05) is 31.9 Å². The van der Waals surface area contributed by atoms with Crippen LogP contribution in [-0.4, -0.2) is 53.4 Å². The van der Waals surface area contributed by atoms with Gasteiger partial charge in [0.25, 0.3) is 10.2 Å². The summed E-state index contributed by atoms with van der Waals surface area (Å²) < 4.78 is 25.3. The van der Waals surface area contributed by atoms with Gasteiger partial charge in [-0.25, -0.2) is 15.1 Å². The maximum atomic E-state index is 11.9. The number of nitrogens with one attached hydrogen (secondary N) is 1. The van der Waals surface area contributed by atoms with E-state index in [1.807, 2.05) is 6.92 Å². The van der Waals surface area contributed by atoms with Crippen molar-refractivity contribution in [3.05, 3.63) is 17.5 Å². The highest BCUT2D eigenvalue weighted by molar-refractivity contribution is 7.86. The van der Waals surface area contributed by atoms with Crippen LogP contribution in [0.4, 0.5) is 5.82 Å². The number of hydrogen-bond donors (Lipinski definition) is 2. The van der Waals surface area contributed by atoms with Crippen LogP contribution in [-0.2, 0) is 10.2 Å². The summed E-state index contributed by atoms with van der Waals surface area (Å²) in [5.74, 6) is 0.797. The lowest BCUT2D eigenvalue weighted by molar-refractivity contribution is 0.271. The summed E-state index contributed by atoms with van der Waals surface area (Å²) in [5, 5.41) is 5.98. The smallest absolute Gasteiger partial charge is 0.277 e. The summed E-state index contributed by atoms with van der Waals surface area (Å²) in [6.45, 7) is 3.91. The fourth-order valence-electron chi connectivity index (χ4n) is 3.33. The van der Waals surface area contributed by atoms with E-state index in [2.05, 4.69) is 19.9 Å². The van der Waals surface area contributed by atoms with E-state index in [1.165, 1.54) is 10.6 Å². The first-order valence-electron chi connectivity index (χ1n) is 8.44. The SMILES string of the molecule is CCCCN(C1CCN(c2ncnc3c(Cl)c[nH]c23)CC1)S(N)(=O)=O. The van der Waals surface area contributed by atoms with Crippen molar-refractivity contribution in [2.45, 2.75) is 38.6 Å². The van der Waals surface area contributed by atoms with Crippen LogP contribution in [0.5, 0.6) is 0 Å². The molecule has 3 heterocycles. The van der Waals surface area contributed by atoms with Gasteiger partial charge in [-0.3, -0.25) is 0 Å². The molecule has 0 atom stereocenters. The number of rotatable bonds is 6.